The Morgan fingerprint density at radius 3 is 2.85 bits per heavy atom. The third-order valence-corrected chi connectivity index (χ3v) is 5.61. The number of hydrogen-bond donors (Lipinski definition) is 0. The van der Waals surface area contributed by atoms with Gasteiger partial charge in [-0.05, 0) is 96.5 Å². The molecular weight excluding hydrogens is 443 g/mol. The number of ether oxygens (including phenoxy) is 2. The van der Waals surface area contributed by atoms with Gasteiger partial charge in [0.05, 0.1) is 5.69 Å². The number of aryl methyl sites for hydroxylation is 1. The minimum Gasteiger partial charge on any atom is -0.452 e. The van der Waals surface area contributed by atoms with Gasteiger partial charge in [0.15, 0.2) is 5.75 Å². The first-order valence-electron chi connectivity index (χ1n) is 8.42. The van der Waals surface area contributed by atoms with E-state index in [0.29, 0.717) is 23.4 Å². The standard InChI is InChI=1S/C20H17IN2O3/c1-3-4-19(24)23(18-8-7-17-20(22-18)26-11-25-17)16-9-12(2)15(21)10-14(16)13-5-6-13/h7-10,13H,5-6,11H2,1-2H3. The summed E-state index contributed by atoms with van der Waals surface area (Å²) in [6.45, 7) is 3.85. The van der Waals surface area contributed by atoms with Crippen LogP contribution in [0.4, 0.5) is 11.5 Å². The first-order chi connectivity index (χ1) is 12.6. The molecule has 0 atom stereocenters. The Bertz CT molecular complexity index is 958. The molecule has 4 rings (SSSR count). The average molecular weight is 460 g/mol. The third-order valence-electron chi connectivity index (χ3n) is 4.45. The second kappa shape index (κ2) is 6.80. The first kappa shape index (κ1) is 17.2. The Morgan fingerprint density at radius 1 is 1.31 bits per heavy atom. The molecule has 5 nitrogen and oxygen atoms in total. The highest BCUT2D eigenvalue weighted by Crippen LogP contribution is 2.47. The van der Waals surface area contributed by atoms with E-state index in [1.54, 1.807) is 24.0 Å². The lowest BCUT2D eigenvalue weighted by Gasteiger charge is -2.23. The lowest BCUT2D eigenvalue weighted by Crippen LogP contribution is -2.26. The van der Waals surface area contributed by atoms with Crippen LogP contribution in [0.3, 0.4) is 0 Å². The zero-order valence-electron chi connectivity index (χ0n) is 14.5. The van der Waals surface area contributed by atoms with Crippen molar-refractivity contribution in [3.05, 3.63) is 39.0 Å². The second-order valence-corrected chi connectivity index (χ2v) is 7.49. The average Bonchev–Trinajstić information content (AvgIpc) is 3.35. The highest BCUT2D eigenvalue weighted by Gasteiger charge is 2.31. The van der Waals surface area contributed by atoms with Gasteiger partial charge in [0.2, 0.25) is 6.79 Å². The van der Waals surface area contributed by atoms with Gasteiger partial charge in [-0.3, -0.25) is 9.69 Å². The summed E-state index contributed by atoms with van der Waals surface area (Å²) < 4.78 is 11.9. The molecule has 2 heterocycles. The van der Waals surface area contributed by atoms with Crippen molar-refractivity contribution in [1.29, 1.82) is 0 Å². The van der Waals surface area contributed by atoms with Crippen LogP contribution < -0.4 is 14.4 Å². The summed E-state index contributed by atoms with van der Waals surface area (Å²) in [6, 6.07) is 7.78. The van der Waals surface area contributed by atoms with Gasteiger partial charge >= 0.3 is 5.91 Å². The van der Waals surface area contributed by atoms with Gasteiger partial charge in [-0.2, -0.15) is 4.98 Å². The van der Waals surface area contributed by atoms with Crippen molar-refractivity contribution >= 4 is 40.0 Å². The molecule has 132 valence electrons. The maximum Gasteiger partial charge on any atom is 0.308 e. The number of rotatable bonds is 3. The largest absolute Gasteiger partial charge is 0.452 e. The van der Waals surface area contributed by atoms with Gasteiger partial charge in [-0.25, -0.2) is 0 Å². The van der Waals surface area contributed by atoms with E-state index >= 15 is 0 Å². The van der Waals surface area contributed by atoms with Gasteiger partial charge in [0.1, 0.15) is 5.82 Å². The van der Waals surface area contributed by atoms with Crippen LogP contribution in [-0.4, -0.2) is 17.7 Å². The summed E-state index contributed by atoms with van der Waals surface area (Å²) in [5, 5.41) is 0. The Morgan fingerprint density at radius 2 is 2.12 bits per heavy atom. The molecule has 1 aliphatic heterocycles. The van der Waals surface area contributed by atoms with Gasteiger partial charge in [0.25, 0.3) is 5.88 Å². The molecule has 1 fully saturated rings. The number of benzene rings is 1. The number of fused-ring (bicyclic) bond motifs is 1. The lowest BCUT2D eigenvalue weighted by molar-refractivity contribution is -0.112. The molecule has 1 aromatic carbocycles. The zero-order chi connectivity index (χ0) is 18.3. The number of halogens is 1. The zero-order valence-corrected chi connectivity index (χ0v) is 16.7. The topological polar surface area (TPSA) is 51.7 Å². The molecule has 1 amide bonds. The fourth-order valence-corrected chi connectivity index (χ4v) is 3.49. The molecule has 0 bridgehead atoms. The smallest absolute Gasteiger partial charge is 0.308 e. The number of pyridine rings is 1. The summed E-state index contributed by atoms with van der Waals surface area (Å²) in [6.07, 6.45) is 2.28. The van der Waals surface area contributed by atoms with Gasteiger partial charge < -0.3 is 9.47 Å². The predicted octanol–water partition coefficient (Wildman–Crippen LogP) is 4.29. The SMILES string of the molecule is CC#CC(=O)N(c1ccc2c(n1)OCO2)c1cc(C)c(I)cc1C1CC1. The maximum absolute atomic E-state index is 12.9. The molecule has 0 unspecified atom stereocenters. The Labute approximate surface area is 165 Å². The maximum atomic E-state index is 12.9. The van der Waals surface area contributed by atoms with Crippen LogP contribution in [0, 0.1) is 22.3 Å². The summed E-state index contributed by atoms with van der Waals surface area (Å²) in [4.78, 5) is 19.0. The molecule has 6 heteroatoms. The van der Waals surface area contributed by atoms with E-state index in [4.69, 9.17) is 9.47 Å². The molecule has 0 spiro atoms. The molecule has 2 aromatic rings. The second-order valence-electron chi connectivity index (χ2n) is 6.33. The van der Waals surface area contributed by atoms with E-state index in [1.807, 2.05) is 6.92 Å². The van der Waals surface area contributed by atoms with Crippen molar-refractivity contribution in [2.45, 2.75) is 32.6 Å². The van der Waals surface area contributed by atoms with Crippen molar-refractivity contribution in [2.75, 3.05) is 11.7 Å². The van der Waals surface area contributed by atoms with E-state index in [-0.39, 0.29) is 12.7 Å². The minimum absolute atomic E-state index is 0.143. The summed E-state index contributed by atoms with van der Waals surface area (Å²) in [7, 11) is 0. The number of aromatic nitrogens is 1. The highest BCUT2D eigenvalue weighted by atomic mass is 127. The number of hydrogen-bond acceptors (Lipinski definition) is 4. The Kier molecular flexibility index (Phi) is 4.49. The number of carbonyl (C=O) groups excluding carboxylic acids is 1. The predicted molar refractivity (Wildman–Crippen MR) is 107 cm³/mol. The van der Waals surface area contributed by atoms with Crippen LogP contribution >= 0.6 is 22.6 Å². The number of anilines is 2. The lowest BCUT2D eigenvalue weighted by atomic mass is 10.0. The van der Waals surface area contributed by atoms with E-state index in [2.05, 4.69) is 51.5 Å². The summed E-state index contributed by atoms with van der Waals surface area (Å²) >= 11 is 2.34. The normalized spacial score (nSPS) is 14.6. The first-order valence-corrected chi connectivity index (χ1v) is 9.50. The van der Waals surface area contributed by atoms with Crippen molar-refractivity contribution in [1.82, 2.24) is 4.98 Å². The van der Waals surface area contributed by atoms with Crippen molar-refractivity contribution < 1.29 is 14.3 Å². The molecular formula is C20H17IN2O3. The molecule has 0 radical (unpaired) electrons. The van der Waals surface area contributed by atoms with E-state index < -0.39 is 0 Å². The van der Waals surface area contributed by atoms with Crippen LogP contribution in [-0.2, 0) is 4.79 Å². The fraction of sp³-hybridized carbons (Fsp3) is 0.300. The Hall–Kier alpha value is -2.27. The molecule has 1 saturated carbocycles. The number of amides is 1. The highest BCUT2D eigenvalue weighted by molar-refractivity contribution is 14.1. The molecule has 26 heavy (non-hydrogen) atoms. The number of nitrogens with zero attached hydrogens (tertiary/aromatic N) is 2. The van der Waals surface area contributed by atoms with Gasteiger partial charge in [0, 0.05) is 3.57 Å². The van der Waals surface area contributed by atoms with Crippen molar-refractivity contribution in [3.8, 4) is 23.5 Å². The van der Waals surface area contributed by atoms with Crippen LogP contribution in [0.25, 0.3) is 0 Å². The molecule has 1 aromatic heterocycles. The van der Waals surface area contributed by atoms with E-state index in [0.717, 1.165) is 24.1 Å². The minimum atomic E-state index is -0.304. The van der Waals surface area contributed by atoms with Crippen molar-refractivity contribution in [3.63, 3.8) is 0 Å². The molecule has 0 N–H and O–H groups in total. The molecule has 1 aliphatic carbocycles. The summed E-state index contributed by atoms with van der Waals surface area (Å²) in [5.41, 5.74) is 3.14. The Balaban J connectivity index is 1.88. The van der Waals surface area contributed by atoms with Crippen LogP contribution in [0.5, 0.6) is 11.6 Å². The summed E-state index contributed by atoms with van der Waals surface area (Å²) in [5.74, 6) is 7.02. The van der Waals surface area contributed by atoms with Crippen LogP contribution in [0.1, 0.15) is 36.8 Å². The van der Waals surface area contributed by atoms with E-state index in [1.165, 1.54) is 9.13 Å². The van der Waals surface area contributed by atoms with Crippen LogP contribution in [0.15, 0.2) is 24.3 Å². The van der Waals surface area contributed by atoms with Crippen LogP contribution in [0.2, 0.25) is 0 Å². The molecule has 0 saturated heterocycles. The molecule has 2 aliphatic rings. The fourth-order valence-electron chi connectivity index (χ4n) is 3.00. The monoisotopic (exact) mass is 460 g/mol. The van der Waals surface area contributed by atoms with Gasteiger partial charge in [-0.15, -0.1) is 0 Å². The third kappa shape index (κ3) is 3.12. The van der Waals surface area contributed by atoms with Crippen molar-refractivity contribution in [2.24, 2.45) is 0 Å². The number of carbonyl (C=O) groups is 1. The van der Waals surface area contributed by atoms with Gasteiger partial charge in [-0.1, -0.05) is 5.92 Å². The quantitative estimate of drug-likeness (QED) is 0.507. The van der Waals surface area contributed by atoms with E-state index in [9.17, 15) is 4.79 Å².